The van der Waals surface area contributed by atoms with E-state index in [2.05, 4.69) is 31.3 Å². The second kappa shape index (κ2) is 4.45. The van der Waals surface area contributed by atoms with Gasteiger partial charge in [0.1, 0.15) is 0 Å². The first-order valence-electron chi connectivity index (χ1n) is 5.64. The van der Waals surface area contributed by atoms with Crippen LogP contribution in [0.4, 0.5) is 0 Å². The quantitative estimate of drug-likeness (QED) is 0.800. The van der Waals surface area contributed by atoms with Crippen molar-refractivity contribution in [2.75, 3.05) is 0 Å². The first-order valence-corrected chi connectivity index (χ1v) is 6.46. The second-order valence-electron chi connectivity index (χ2n) is 4.17. The van der Waals surface area contributed by atoms with Gasteiger partial charge in [0.25, 0.3) is 0 Å². The minimum absolute atomic E-state index is 0.547. The Morgan fingerprint density at radius 3 is 2.79 bits per heavy atom. The van der Waals surface area contributed by atoms with Gasteiger partial charge in [-0.1, -0.05) is 13.3 Å². The molecule has 0 amide bonds. The molecule has 0 aliphatic heterocycles. The summed E-state index contributed by atoms with van der Waals surface area (Å²) in [5.41, 5.74) is 0. The van der Waals surface area contributed by atoms with Gasteiger partial charge in [-0.25, -0.2) is 0 Å². The first kappa shape index (κ1) is 10.2. The van der Waals surface area contributed by atoms with Crippen LogP contribution in [0.15, 0.2) is 12.1 Å². The summed E-state index contributed by atoms with van der Waals surface area (Å²) in [4.78, 5) is 3.00. The van der Waals surface area contributed by atoms with Crippen LogP contribution < -0.4 is 5.32 Å². The highest BCUT2D eigenvalue weighted by molar-refractivity contribution is 7.12. The molecule has 2 rings (SSSR count). The molecule has 78 valence electrons. The van der Waals surface area contributed by atoms with E-state index in [1.807, 2.05) is 11.3 Å². The molecule has 1 heterocycles. The number of hydrogen-bond donors (Lipinski definition) is 1. The topological polar surface area (TPSA) is 12.0 Å². The highest BCUT2D eigenvalue weighted by Gasteiger charge is 2.20. The molecule has 1 aliphatic carbocycles. The Morgan fingerprint density at radius 2 is 2.29 bits per heavy atom. The van der Waals surface area contributed by atoms with Crippen molar-refractivity contribution in [1.82, 2.24) is 5.32 Å². The Balaban J connectivity index is 1.92. The van der Waals surface area contributed by atoms with Crippen LogP contribution in [0.2, 0.25) is 0 Å². The summed E-state index contributed by atoms with van der Waals surface area (Å²) in [6, 6.07) is 5.88. The zero-order chi connectivity index (χ0) is 9.97. The Labute approximate surface area is 90.5 Å². The molecule has 1 N–H and O–H groups in total. The minimum atomic E-state index is 0.547. The third-order valence-electron chi connectivity index (χ3n) is 3.05. The lowest BCUT2D eigenvalue weighted by molar-refractivity contribution is 0.315. The van der Waals surface area contributed by atoms with Crippen molar-refractivity contribution in [3.8, 4) is 0 Å². The molecule has 0 radical (unpaired) electrons. The Kier molecular flexibility index (Phi) is 3.24. The third-order valence-corrected chi connectivity index (χ3v) is 4.46. The van der Waals surface area contributed by atoms with Crippen LogP contribution in [0.5, 0.6) is 0 Å². The van der Waals surface area contributed by atoms with Gasteiger partial charge in [-0.05, 0) is 38.3 Å². The van der Waals surface area contributed by atoms with Crippen molar-refractivity contribution in [2.45, 2.75) is 51.6 Å². The lowest BCUT2D eigenvalue weighted by Gasteiger charge is -2.29. The largest absolute Gasteiger partial charge is 0.307 e. The van der Waals surface area contributed by atoms with Crippen LogP contribution in [0.1, 0.15) is 48.9 Å². The molecule has 0 saturated heterocycles. The summed E-state index contributed by atoms with van der Waals surface area (Å²) in [5, 5.41) is 3.68. The van der Waals surface area contributed by atoms with E-state index in [1.165, 1.54) is 35.4 Å². The molecular formula is C12H19NS. The molecule has 1 fully saturated rings. The molecule has 0 spiro atoms. The lowest BCUT2D eigenvalue weighted by Crippen LogP contribution is -2.36. The van der Waals surface area contributed by atoms with Crippen LogP contribution in [0.25, 0.3) is 0 Å². The van der Waals surface area contributed by atoms with Gasteiger partial charge < -0.3 is 5.32 Å². The number of aryl methyl sites for hydroxylation is 1. The molecule has 1 unspecified atom stereocenters. The Hall–Kier alpha value is -0.340. The van der Waals surface area contributed by atoms with Crippen molar-refractivity contribution in [2.24, 2.45) is 0 Å². The van der Waals surface area contributed by atoms with E-state index in [1.54, 1.807) is 0 Å². The summed E-state index contributed by atoms with van der Waals surface area (Å²) in [5.74, 6) is 0. The van der Waals surface area contributed by atoms with E-state index in [9.17, 15) is 0 Å². The van der Waals surface area contributed by atoms with Gasteiger partial charge in [0.05, 0.1) is 0 Å². The SMILES string of the molecule is CCc1ccc(C(C)NC2CCC2)s1. The highest BCUT2D eigenvalue weighted by Crippen LogP contribution is 2.27. The molecule has 1 nitrogen and oxygen atoms in total. The van der Waals surface area contributed by atoms with Gasteiger partial charge in [0, 0.05) is 21.8 Å². The number of nitrogens with one attached hydrogen (secondary N) is 1. The van der Waals surface area contributed by atoms with E-state index in [-0.39, 0.29) is 0 Å². The summed E-state index contributed by atoms with van der Waals surface area (Å²) in [6.45, 7) is 4.50. The maximum absolute atomic E-state index is 3.68. The van der Waals surface area contributed by atoms with Crippen molar-refractivity contribution >= 4 is 11.3 Å². The van der Waals surface area contributed by atoms with Crippen molar-refractivity contribution < 1.29 is 0 Å². The van der Waals surface area contributed by atoms with E-state index in [0.29, 0.717) is 6.04 Å². The van der Waals surface area contributed by atoms with Crippen LogP contribution >= 0.6 is 11.3 Å². The van der Waals surface area contributed by atoms with Crippen molar-refractivity contribution in [3.05, 3.63) is 21.9 Å². The summed E-state index contributed by atoms with van der Waals surface area (Å²) >= 11 is 1.96. The van der Waals surface area contributed by atoms with Crippen LogP contribution in [0.3, 0.4) is 0 Å². The van der Waals surface area contributed by atoms with Gasteiger partial charge in [-0.2, -0.15) is 0 Å². The van der Waals surface area contributed by atoms with Gasteiger partial charge in [0.2, 0.25) is 0 Å². The average molecular weight is 209 g/mol. The zero-order valence-electron chi connectivity index (χ0n) is 9.05. The monoisotopic (exact) mass is 209 g/mol. The van der Waals surface area contributed by atoms with E-state index in [4.69, 9.17) is 0 Å². The van der Waals surface area contributed by atoms with Crippen molar-refractivity contribution in [3.63, 3.8) is 0 Å². The minimum Gasteiger partial charge on any atom is -0.307 e. The molecule has 1 saturated carbocycles. The van der Waals surface area contributed by atoms with Gasteiger partial charge in [0.15, 0.2) is 0 Å². The fourth-order valence-corrected chi connectivity index (χ4v) is 2.79. The second-order valence-corrected chi connectivity index (χ2v) is 5.37. The number of hydrogen-bond acceptors (Lipinski definition) is 2. The predicted octanol–water partition coefficient (Wildman–Crippen LogP) is 3.51. The Morgan fingerprint density at radius 1 is 1.50 bits per heavy atom. The molecule has 1 atom stereocenters. The molecule has 1 aromatic heterocycles. The average Bonchev–Trinajstić information content (AvgIpc) is 2.59. The first-order chi connectivity index (χ1) is 6.79. The lowest BCUT2D eigenvalue weighted by atomic mass is 9.92. The van der Waals surface area contributed by atoms with E-state index >= 15 is 0 Å². The van der Waals surface area contributed by atoms with E-state index in [0.717, 1.165) is 6.04 Å². The fourth-order valence-electron chi connectivity index (χ4n) is 1.83. The van der Waals surface area contributed by atoms with E-state index < -0.39 is 0 Å². The molecule has 0 bridgehead atoms. The van der Waals surface area contributed by atoms with Crippen molar-refractivity contribution in [1.29, 1.82) is 0 Å². The summed E-state index contributed by atoms with van der Waals surface area (Å²) < 4.78 is 0. The third kappa shape index (κ3) is 2.18. The molecule has 0 aromatic carbocycles. The smallest absolute Gasteiger partial charge is 0.0388 e. The molecule has 2 heteroatoms. The predicted molar refractivity (Wildman–Crippen MR) is 62.9 cm³/mol. The number of thiophene rings is 1. The zero-order valence-corrected chi connectivity index (χ0v) is 9.86. The standard InChI is InChI=1S/C12H19NS/c1-3-11-7-8-12(14-11)9(2)13-10-5-4-6-10/h7-10,13H,3-6H2,1-2H3. The molecule has 1 aromatic rings. The highest BCUT2D eigenvalue weighted by atomic mass is 32.1. The fraction of sp³-hybridized carbons (Fsp3) is 0.667. The Bertz CT molecular complexity index is 288. The summed E-state index contributed by atoms with van der Waals surface area (Å²) in [6.07, 6.45) is 5.32. The molecular weight excluding hydrogens is 190 g/mol. The van der Waals surface area contributed by atoms with Gasteiger partial charge in [-0.15, -0.1) is 11.3 Å². The molecule has 1 aliphatic rings. The summed E-state index contributed by atoms with van der Waals surface area (Å²) in [7, 11) is 0. The maximum Gasteiger partial charge on any atom is 0.0388 e. The maximum atomic E-state index is 3.68. The normalized spacial score (nSPS) is 19.3. The van der Waals surface area contributed by atoms with Crippen LogP contribution in [0, 0.1) is 0 Å². The van der Waals surface area contributed by atoms with Crippen LogP contribution in [-0.4, -0.2) is 6.04 Å². The van der Waals surface area contributed by atoms with Crippen LogP contribution in [-0.2, 0) is 6.42 Å². The van der Waals surface area contributed by atoms with Gasteiger partial charge >= 0.3 is 0 Å². The number of rotatable bonds is 4. The molecule has 14 heavy (non-hydrogen) atoms. The van der Waals surface area contributed by atoms with Gasteiger partial charge in [-0.3, -0.25) is 0 Å².